The second-order valence-electron chi connectivity index (χ2n) is 5.01. The number of esters is 1. The Bertz CT molecular complexity index is 271. The highest BCUT2D eigenvalue weighted by Gasteiger charge is 2.72. The van der Waals surface area contributed by atoms with Crippen LogP contribution in [0.3, 0.4) is 0 Å². The van der Waals surface area contributed by atoms with Crippen molar-refractivity contribution in [2.24, 2.45) is 17.3 Å². The lowest BCUT2D eigenvalue weighted by atomic mass is 9.45. The minimum atomic E-state index is -0.0966. The van der Waals surface area contributed by atoms with E-state index in [1.165, 1.54) is 12.8 Å². The smallest absolute Gasteiger partial charge is 0.313 e. The highest BCUT2D eigenvalue weighted by Crippen LogP contribution is 2.68. The summed E-state index contributed by atoms with van der Waals surface area (Å²) in [5.41, 5.74) is -0.187. The van der Waals surface area contributed by atoms with Crippen LogP contribution in [0.2, 0.25) is 0 Å². The summed E-state index contributed by atoms with van der Waals surface area (Å²) < 4.78 is 5.49. The molecule has 4 aliphatic rings. The van der Waals surface area contributed by atoms with E-state index in [1.54, 1.807) is 0 Å². The van der Waals surface area contributed by atoms with Gasteiger partial charge in [0.05, 0.1) is 5.41 Å². The summed E-state index contributed by atoms with van der Waals surface area (Å²) in [6.45, 7) is 4.20. The quantitative estimate of drug-likeness (QED) is 0.512. The van der Waals surface area contributed by atoms with Gasteiger partial charge in [0.2, 0.25) is 0 Å². The molecule has 4 bridgehead atoms. The van der Waals surface area contributed by atoms with Gasteiger partial charge in [-0.15, -0.1) is 0 Å². The standard InChI is InChI=1S/C10H14O2/c1-9-4-3-6-5-7(9)10(6,2)8(11)12-9/h6-7H,3-5H2,1-2H3/t6-,7-,9+,10-/m0/s1. The number of carbonyl (C=O) groups excluding carboxylic acids is 1. The van der Waals surface area contributed by atoms with Crippen LogP contribution in [0.1, 0.15) is 33.1 Å². The number of hydrogen-bond acceptors (Lipinski definition) is 2. The predicted octanol–water partition coefficient (Wildman–Crippen LogP) is 1.74. The molecule has 0 radical (unpaired) electrons. The summed E-state index contributed by atoms with van der Waals surface area (Å²) in [7, 11) is 0. The molecule has 0 aromatic rings. The Morgan fingerprint density at radius 1 is 1.50 bits per heavy atom. The monoisotopic (exact) mass is 166 g/mol. The SMILES string of the molecule is C[C@]12C(=O)O[C@]3(C)CC[C@H]1C[C@H]23. The third-order valence-corrected chi connectivity index (χ3v) is 4.58. The molecule has 2 nitrogen and oxygen atoms in total. The predicted molar refractivity (Wildman–Crippen MR) is 43.4 cm³/mol. The zero-order valence-electron chi connectivity index (χ0n) is 7.59. The Morgan fingerprint density at radius 2 is 2.25 bits per heavy atom. The van der Waals surface area contributed by atoms with Crippen molar-refractivity contribution in [2.45, 2.75) is 38.7 Å². The molecule has 1 heterocycles. The first-order valence-corrected chi connectivity index (χ1v) is 4.81. The van der Waals surface area contributed by atoms with Crippen molar-refractivity contribution in [2.75, 3.05) is 0 Å². The molecule has 3 saturated carbocycles. The molecule has 4 atom stereocenters. The van der Waals surface area contributed by atoms with E-state index in [-0.39, 0.29) is 17.0 Å². The van der Waals surface area contributed by atoms with Crippen molar-refractivity contribution in [3.63, 3.8) is 0 Å². The third kappa shape index (κ3) is 0.459. The number of hydrogen-bond donors (Lipinski definition) is 0. The molecular formula is C10H14O2. The molecule has 2 heteroatoms. The first-order valence-electron chi connectivity index (χ1n) is 4.81. The molecule has 12 heavy (non-hydrogen) atoms. The fourth-order valence-electron chi connectivity index (χ4n) is 3.59. The first kappa shape index (κ1) is 6.93. The summed E-state index contributed by atoms with van der Waals surface area (Å²) in [5, 5.41) is 0. The van der Waals surface area contributed by atoms with Crippen molar-refractivity contribution >= 4 is 5.97 Å². The minimum absolute atomic E-state index is 0.0729. The van der Waals surface area contributed by atoms with E-state index >= 15 is 0 Å². The molecule has 4 rings (SSSR count). The Morgan fingerprint density at radius 3 is 2.75 bits per heavy atom. The van der Waals surface area contributed by atoms with E-state index < -0.39 is 0 Å². The summed E-state index contributed by atoms with van der Waals surface area (Å²) in [5.74, 6) is 1.23. The summed E-state index contributed by atoms with van der Waals surface area (Å²) in [4.78, 5) is 11.6. The molecule has 0 aromatic heterocycles. The van der Waals surface area contributed by atoms with Crippen LogP contribution in [0.25, 0.3) is 0 Å². The molecule has 4 fully saturated rings. The van der Waals surface area contributed by atoms with Crippen LogP contribution < -0.4 is 0 Å². The van der Waals surface area contributed by atoms with Gasteiger partial charge < -0.3 is 4.74 Å². The van der Waals surface area contributed by atoms with E-state index in [0.717, 1.165) is 6.42 Å². The second kappa shape index (κ2) is 1.57. The van der Waals surface area contributed by atoms with Crippen molar-refractivity contribution in [1.82, 2.24) is 0 Å². The molecule has 0 spiro atoms. The molecule has 0 unspecified atom stereocenters. The molecule has 1 aliphatic heterocycles. The van der Waals surface area contributed by atoms with Crippen molar-refractivity contribution in [1.29, 1.82) is 0 Å². The van der Waals surface area contributed by atoms with E-state index in [0.29, 0.717) is 11.8 Å². The van der Waals surface area contributed by atoms with Crippen LogP contribution >= 0.6 is 0 Å². The van der Waals surface area contributed by atoms with Crippen molar-refractivity contribution < 1.29 is 9.53 Å². The van der Waals surface area contributed by atoms with Crippen LogP contribution in [0.15, 0.2) is 0 Å². The van der Waals surface area contributed by atoms with Gasteiger partial charge in [-0.25, -0.2) is 0 Å². The zero-order chi connectivity index (χ0) is 8.56. The second-order valence-corrected chi connectivity index (χ2v) is 5.01. The maximum absolute atomic E-state index is 11.6. The Labute approximate surface area is 72.3 Å². The van der Waals surface area contributed by atoms with Crippen LogP contribution in [0.4, 0.5) is 0 Å². The Balaban J connectivity index is 2.13. The lowest BCUT2D eigenvalue weighted by Crippen LogP contribution is -2.56. The maximum Gasteiger partial charge on any atom is 0.313 e. The molecule has 1 saturated heterocycles. The minimum Gasteiger partial charge on any atom is -0.459 e. The number of rotatable bonds is 0. The molecule has 0 amide bonds. The molecule has 0 N–H and O–H groups in total. The van der Waals surface area contributed by atoms with Crippen LogP contribution in [-0.2, 0) is 9.53 Å². The van der Waals surface area contributed by atoms with Gasteiger partial charge in [-0.3, -0.25) is 4.79 Å². The van der Waals surface area contributed by atoms with Gasteiger partial charge in [-0.1, -0.05) is 0 Å². The number of carbonyl (C=O) groups is 1. The molecule has 3 aliphatic carbocycles. The van der Waals surface area contributed by atoms with Gasteiger partial charge >= 0.3 is 5.97 Å². The first-order chi connectivity index (χ1) is 5.57. The van der Waals surface area contributed by atoms with Gasteiger partial charge in [-0.2, -0.15) is 0 Å². The van der Waals surface area contributed by atoms with E-state index in [4.69, 9.17) is 4.74 Å². The third-order valence-electron chi connectivity index (χ3n) is 4.58. The van der Waals surface area contributed by atoms with E-state index in [2.05, 4.69) is 13.8 Å². The van der Waals surface area contributed by atoms with Gasteiger partial charge in [0.1, 0.15) is 5.60 Å². The van der Waals surface area contributed by atoms with Crippen LogP contribution in [0, 0.1) is 17.3 Å². The Kier molecular flexibility index (Phi) is 0.906. The maximum atomic E-state index is 11.6. The topological polar surface area (TPSA) is 26.3 Å². The fraction of sp³-hybridized carbons (Fsp3) is 0.900. The largest absolute Gasteiger partial charge is 0.459 e. The number of fused-ring (bicyclic) bond motifs is 1. The highest BCUT2D eigenvalue weighted by molar-refractivity contribution is 5.82. The molecule has 66 valence electrons. The average Bonchev–Trinajstić information content (AvgIpc) is 2.08. The summed E-state index contributed by atoms with van der Waals surface area (Å²) in [6, 6.07) is 0. The van der Waals surface area contributed by atoms with Gasteiger partial charge in [0.15, 0.2) is 0 Å². The lowest BCUT2D eigenvalue weighted by molar-refractivity contribution is -0.152. The fourth-order valence-corrected chi connectivity index (χ4v) is 3.59. The summed E-state index contributed by atoms with van der Waals surface area (Å²) >= 11 is 0. The zero-order valence-corrected chi connectivity index (χ0v) is 7.59. The normalized spacial score (nSPS) is 61.0. The van der Waals surface area contributed by atoms with E-state index in [9.17, 15) is 4.79 Å². The lowest BCUT2D eigenvalue weighted by Gasteiger charge is -2.55. The van der Waals surface area contributed by atoms with Gasteiger partial charge in [-0.05, 0) is 39.0 Å². The molecular weight excluding hydrogens is 152 g/mol. The molecule has 0 aromatic carbocycles. The average molecular weight is 166 g/mol. The highest BCUT2D eigenvalue weighted by atomic mass is 16.6. The Hall–Kier alpha value is -0.530. The van der Waals surface area contributed by atoms with Gasteiger partial charge in [0, 0.05) is 5.92 Å². The summed E-state index contributed by atoms with van der Waals surface area (Å²) in [6.07, 6.45) is 3.50. The van der Waals surface area contributed by atoms with Crippen molar-refractivity contribution in [3.05, 3.63) is 0 Å². The van der Waals surface area contributed by atoms with E-state index in [1.807, 2.05) is 0 Å². The van der Waals surface area contributed by atoms with Crippen LogP contribution in [-0.4, -0.2) is 11.6 Å². The van der Waals surface area contributed by atoms with Crippen LogP contribution in [0.5, 0.6) is 0 Å². The van der Waals surface area contributed by atoms with Gasteiger partial charge in [0.25, 0.3) is 0 Å². The van der Waals surface area contributed by atoms with Crippen molar-refractivity contribution in [3.8, 4) is 0 Å². The number of ether oxygens (including phenoxy) is 1.